The van der Waals surface area contributed by atoms with Crippen molar-refractivity contribution in [2.45, 2.75) is 38.9 Å². The molecule has 0 amide bonds. The molecule has 0 spiro atoms. The second-order valence-electron chi connectivity index (χ2n) is 6.54. The predicted octanol–water partition coefficient (Wildman–Crippen LogP) is 4.29. The number of piperidine rings is 1. The summed E-state index contributed by atoms with van der Waals surface area (Å²) in [6, 6.07) is 8.75. The van der Waals surface area contributed by atoms with E-state index in [0.29, 0.717) is 12.6 Å². The molecule has 1 aliphatic rings. The van der Waals surface area contributed by atoms with E-state index in [4.69, 9.17) is 16.3 Å². The van der Waals surface area contributed by atoms with Crippen LogP contribution in [0.3, 0.4) is 0 Å². The lowest BCUT2D eigenvalue weighted by Crippen LogP contribution is -2.42. The van der Waals surface area contributed by atoms with Gasteiger partial charge in [-0.3, -0.25) is 9.80 Å². The van der Waals surface area contributed by atoms with Crippen molar-refractivity contribution in [1.29, 1.82) is 0 Å². The molecule has 0 N–H and O–H groups in total. The summed E-state index contributed by atoms with van der Waals surface area (Å²) in [5.41, 5.74) is 1.21. The van der Waals surface area contributed by atoms with Gasteiger partial charge in [0.15, 0.2) is 0 Å². The second kappa shape index (κ2) is 8.99. The molecule has 1 aromatic carbocycles. The van der Waals surface area contributed by atoms with Gasteiger partial charge >= 0.3 is 0 Å². The lowest BCUT2D eigenvalue weighted by molar-refractivity contribution is 0.120. The largest absolute Gasteiger partial charge is 0.470 e. The number of thiazole rings is 1. The van der Waals surface area contributed by atoms with Gasteiger partial charge in [-0.15, -0.1) is 0 Å². The summed E-state index contributed by atoms with van der Waals surface area (Å²) in [6.45, 7) is 6.81. The van der Waals surface area contributed by atoms with E-state index in [0.717, 1.165) is 36.4 Å². The third-order valence-electron chi connectivity index (χ3n) is 4.74. The Morgan fingerprint density at radius 3 is 2.80 bits per heavy atom. The highest BCUT2D eigenvalue weighted by Crippen LogP contribution is 2.25. The van der Waals surface area contributed by atoms with Gasteiger partial charge in [0.25, 0.3) is 5.19 Å². The minimum absolute atomic E-state index is 0.618. The average Bonchev–Trinajstić information content (AvgIpc) is 3.05. The fourth-order valence-electron chi connectivity index (χ4n) is 3.32. The molecule has 1 saturated heterocycles. The van der Waals surface area contributed by atoms with Crippen LogP contribution in [0.15, 0.2) is 30.5 Å². The van der Waals surface area contributed by atoms with Gasteiger partial charge in [0.05, 0.1) is 6.61 Å². The van der Waals surface area contributed by atoms with E-state index in [1.54, 1.807) is 11.3 Å². The summed E-state index contributed by atoms with van der Waals surface area (Å²) < 4.78 is 5.46. The van der Waals surface area contributed by atoms with Crippen molar-refractivity contribution in [2.24, 2.45) is 0 Å². The van der Waals surface area contributed by atoms with Crippen LogP contribution >= 0.6 is 22.9 Å². The average molecular weight is 380 g/mol. The predicted molar refractivity (Wildman–Crippen MR) is 105 cm³/mol. The van der Waals surface area contributed by atoms with E-state index >= 15 is 0 Å². The van der Waals surface area contributed by atoms with E-state index in [9.17, 15) is 0 Å². The van der Waals surface area contributed by atoms with Gasteiger partial charge in [-0.2, -0.15) is 0 Å². The summed E-state index contributed by atoms with van der Waals surface area (Å²) in [5, 5.41) is 1.65. The van der Waals surface area contributed by atoms with Gasteiger partial charge in [-0.05, 0) is 38.4 Å². The first-order valence-corrected chi connectivity index (χ1v) is 10.1. The van der Waals surface area contributed by atoms with E-state index in [-0.39, 0.29) is 0 Å². The maximum Gasteiger partial charge on any atom is 0.273 e. The Kier molecular flexibility index (Phi) is 6.70. The van der Waals surface area contributed by atoms with Gasteiger partial charge < -0.3 is 4.74 Å². The Hall–Kier alpha value is -1.14. The number of benzene rings is 1. The molecular formula is C19H26ClN3OS. The number of halogens is 1. The fraction of sp³-hybridized carbons (Fsp3) is 0.526. The third-order valence-corrected chi connectivity index (χ3v) is 6.00. The maximum absolute atomic E-state index is 6.30. The van der Waals surface area contributed by atoms with E-state index < -0.39 is 0 Å². The molecule has 0 bridgehead atoms. The molecule has 1 fully saturated rings. The van der Waals surface area contributed by atoms with E-state index in [1.165, 1.54) is 23.3 Å². The lowest BCUT2D eigenvalue weighted by Gasteiger charge is -2.36. The number of hydrogen-bond acceptors (Lipinski definition) is 5. The van der Waals surface area contributed by atoms with Gasteiger partial charge in [0.2, 0.25) is 0 Å². The van der Waals surface area contributed by atoms with Crippen LogP contribution in [0.4, 0.5) is 0 Å². The summed E-state index contributed by atoms with van der Waals surface area (Å²) in [6.07, 6.45) is 4.33. The third kappa shape index (κ3) is 5.17. The monoisotopic (exact) mass is 379 g/mol. The molecule has 0 aliphatic carbocycles. The van der Waals surface area contributed by atoms with Crippen LogP contribution in [-0.4, -0.2) is 47.6 Å². The van der Waals surface area contributed by atoms with Gasteiger partial charge in [-0.25, -0.2) is 4.98 Å². The van der Waals surface area contributed by atoms with Gasteiger partial charge in [-0.1, -0.05) is 41.1 Å². The van der Waals surface area contributed by atoms with E-state index in [1.807, 2.05) is 25.3 Å². The molecule has 0 unspecified atom stereocenters. The number of aromatic nitrogens is 1. The van der Waals surface area contributed by atoms with E-state index in [2.05, 4.69) is 34.0 Å². The normalized spacial score (nSPS) is 16.5. The first-order valence-electron chi connectivity index (χ1n) is 8.89. The summed E-state index contributed by atoms with van der Waals surface area (Å²) in [4.78, 5) is 10.6. The topological polar surface area (TPSA) is 28.6 Å². The van der Waals surface area contributed by atoms with Crippen LogP contribution in [0.25, 0.3) is 0 Å². The quantitative estimate of drug-likeness (QED) is 0.717. The Morgan fingerprint density at radius 2 is 2.08 bits per heavy atom. The molecule has 2 aromatic rings. The van der Waals surface area contributed by atoms with Crippen molar-refractivity contribution in [3.8, 4) is 5.19 Å². The van der Waals surface area contributed by atoms with Crippen LogP contribution in [0, 0.1) is 0 Å². The first kappa shape index (κ1) is 18.6. The Balaban J connectivity index is 1.47. The lowest BCUT2D eigenvalue weighted by atomic mass is 10.0. The van der Waals surface area contributed by atoms with Crippen LogP contribution in [0.5, 0.6) is 5.19 Å². The molecule has 1 aromatic heterocycles. The number of rotatable bonds is 7. The molecule has 136 valence electrons. The zero-order valence-electron chi connectivity index (χ0n) is 14.9. The maximum atomic E-state index is 6.30. The highest BCUT2D eigenvalue weighted by Gasteiger charge is 2.23. The van der Waals surface area contributed by atoms with Crippen LogP contribution in [-0.2, 0) is 13.1 Å². The SMILES string of the molecule is CCOc1ncc(CN2CCC(N(C)Cc3ccccc3Cl)CC2)s1. The minimum atomic E-state index is 0.618. The molecule has 0 radical (unpaired) electrons. The molecule has 1 aliphatic heterocycles. The Labute approximate surface area is 159 Å². The van der Waals surface area contributed by atoms with Crippen LogP contribution in [0.1, 0.15) is 30.2 Å². The first-order chi connectivity index (χ1) is 12.2. The molecule has 0 atom stereocenters. The Bertz CT molecular complexity index is 670. The fourth-order valence-corrected chi connectivity index (χ4v) is 4.37. The highest BCUT2D eigenvalue weighted by atomic mass is 35.5. The van der Waals surface area contributed by atoms with Crippen molar-refractivity contribution in [1.82, 2.24) is 14.8 Å². The number of ether oxygens (including phenoxy) is 1. The molecule has 6 heteroatoms. The Morgan fingerprint density at radius 1 is 1.32 bits per heavy atom. The molecular weight excluding hydrogens is 354 g/mol. The highest BCUT2D eigenvalue weighted by molar-refractivity contribution is 7.13. The van der Waals surface area contributed by atoms with Crippen molar-refractivity contribution >= 4 is 22.9 Å². The number of nitrogens with zero attached hydrogens (tertiary/aromatic N) is 3. The number of hydrogen-bond donors (Lipinski definition) is 0. The molecule has 0 saturated carbocycles. The number of likely N-dealkylation sites (tertiary alicyclic amines) is 1. The minimum Gasteiger partial charge on any atom is -0.470 e. The van der Waals surface area contributed by atoms with Crippen molar-refractivity contribution in [3.63, 3.8) is 0 Å². The standard InChI is InChI=1S/C19H26ClN3OS/c1-3-24-19-21-12-17(25-19)14-23-10-8-16(9-11-23)22(2)13-15-6-4-5-7-18(15)20/h4-7,12,16H,3,8-11,13-14H2,1-2H3. The zero-order chi connectivity index (χ0) is 17.6. The molecule has 25 heavy (non-hydrogen) atoms. The van der Waals surface area contributed by atoms with Crippen molar-refractivity contribution < 1.29 is 4.74 Å². The van der Waals surface area contributed by atoms with Gasteiger partial charge in [0, 0.05) is 48.3 Å². The van der Waals surface area contributed by atoms with Crippen LogP contribution < -0.4 is 4.74 Å². The summed E-state index contributed by atoms with van der Waals surface area (Å²) in [7, 11) is 2.21. The molecule has 4 nitrogen and oxygen atoms in total. The zero-order valence-corrected chi connectivity index (χ0v) is 16.5. The molecule has 3 rings (SSSR count). The van der Waals surface area contributed by atoms with Crippen molar-refractivity contribution in [3.05, 3.63) is 45.9 Å². The second-order valence-corrected chi connectivity index (χ2v) is 8.02. The van der Waals surface area contributed by atoms with Gasteiger partial charge in [0.1, 0.15) is 0 Å². The summed E-state index contributed by atoms with van der Waals surface area (Å²) in [5.74, 6) is 0. The van der Waals surface area contributed by atoms with Crippen LogP contribution in [0.2, 0.25) is 5.02 Å². The van der Waals surface area contributed by atoms with Crippen molar-refractivity contribution in [2.75, 3.05) is 26.7 Å². The smallest absolute Gasteiger partial charge is 0.273 e. The summed E-state index contributed by atoms with van der Waals surface area (Å²) >= 11 is 7.96. The molecule has 2 heterocycles.